The monoisotopic (exact) mass is 527 g/mol. The second-order valence-electron chi connectivity index (χ2n) is 7.56. The molecule has 1 aromatic carbocycles. The third-order valence-electron chi connectivity index (χ3n) is 5.11. The van der Waals surface area contributed by atoms with E-state index in [0.717, 1.165) is 37.6 Å². The highest BCUT2D eigenvalue weighted by Gasteiger charge is 2.14. The predicted molar refractivity (Wildman–Crippen MR) is 136 cm³/mol. The van der Waals surface area contributed by atoms with Gasteiger partial charge in [-0.2, -0.15) is 5.10 Å². The maximum Gasteiger partial charge on any atom is 0.191 e. The van der Waals surface area contributed by atoms with Crippen molar-refractivity contribution in [1.82, 2.24) is 20.4 Å². The number of nitrogens with one attached hydrogen (secondary N) is 2. The Morgan fingerprint density at radius 2 is 1.90 bits per heavy atom. The van der Waals surface area contributed by atoms with Crippen LogP contribution in [0.1, 0.15) is 55.8 Å². The molecule has 30 heavy (non-hydrogen) atoms. The highest BCUT2D eigenvalue weighted by Crippen LogP contribution is 2.16. The number of nitrogens with zero attached hydrogens (tertiary/aromatic N) is 3. The second kappa shape index (κ2) is 13.6. The minimum atomic E-state index is 0. The highest BCUT2D eigenvalue weighted by molar-refractivity contribution is 14.0. The minimum Gasteiger partial charge on any atom is -0.374 e. The molecule has 0 aliphatic rings. The molecule has 168 valence electrons. The van der Waals surface area contributed by atoms with E-state index in [1.165, 1.54) is 16.8 Å². The van der Waals surface area contributed by atoms with E-state index in [9.17, 15) is 0 Å². The van der Waals surface area contributed by atoms with Gasteiger partial charge in [-0.05, 0) is 58.6 Å². The Labute approximate surface area is 198 Å². The number of benzene rings is 1. The van der Waals surface area contributed by atoms with Crippen LogP contribution in [0.4, 0.5) is 0 Å². The summed E-state index contributed by atoms with van der Waals surface area (Å²) in [5, 5.41) is 11.4. The fraction of sp³-hybridized carbons (Fsp3) is 0.565. The Balaban J connectivity index is 0.00000450. The summed E-state index contributed by atoms with van der Waals surface area (Å²) in [7, 11) is 2.00. The van der Waals surface area contributed by atoms with Gasteiger partial charge in [0.05, 0.1) is 11.8 Å². The number of aryl methyl sites for hydroxylation is 2. The number of rotatable bonds is 10. The number of guanidine groups is 1. The van der Waals surface area contributed by atoms with Crippen LogP contribution in [0.2, 0.25) is 0 Å². The Kier molecular flexibility index (Phi) is 12.0. The summed E-state index contributed by atoms with van der Waals surface area (Å²) in [6, 6.07) is 10.6. The number of ether oxygens (including phenoxy) is 1. The first-order valence-electron chi connectivity index (χ1n) is 10.6. The molecule has 0 saturated carbocycles. The molecule has 0 saturated heterocycles. The number of aromatic nitrogens is 2. The highest BCUT2D eigenvalue weighted by atomic mass is 127. The van der Waals surface area contributed by atoms with Crippen LogP contribution in [0, 0.1) is 13.8 Å². The molecule has 0 aliphatic heterocycles. The summed E-state index contributed by atoms with van der Waals surface area (Å²) in [4.78, 5) is 4.71. The fourth-order valence-corrected chi connectivity index (χ4v) is 3.36. The molecule has 0 amide bonds. The molecule has 0 aliphatic carbocycles. The maximum atomic E-state index is 5.94. The van der Waals surface area contributed by atoms with Crippen molar-refractivity contribution in [3.8, 4) is 0 Å². The van der Waals surface area contributed by atoms with E-state index in [1.807, 2.05) is 29.9 Å². The van der Waals surface area contributed by atoms with Crippen molar-refractivity contribution in [1.29, 1.82) is 0 Å². The average molecular weight is 527 g/mol. The van der Waals surface area contributed by atoms with Crippen LogP contribution >= 0.6 is 24.0 Å². The number of halogens is 1. The van der Waals surface area contributed by atoms with Crippen molar-refractivity contribution in [3.05, 3.63) is 52.8 Å². The van der Waals surface area contributed by atoms with Gasteiger partial charge in [-0.1, -0.05) is 30.3 Å². The molecule has 6 nitrogen and oxygen atoms in total. The summed E-state index contributed by atoms with van der Waals surface area (Å²) < 4.78 is 7.89. The minimum absolute atomic E-state index is 0. The van der Waals surface area contributed by atoms with E-state index in [-0.39, 0.29) is 36.1 Å². The quantitative estimate of drug-likeness (QED) is 0.209. The van der Waals surface area contributed by atoms with Gasteiger partial charge in [0.2, 0.25) is 0 Å². The van der Waals surface area contributed by atoms with Crippen molar-refractivity contribution in [3.63, 3.8) is 0 Å². The van der Waals surface area contributed by atoms with E-state index in [2.05, 4.69) is 62.5 Å². The fourth-order valence-electron chi connectivity index (χ4n) is 3.36. The topological polar surface area (TPSA) is 63.5 Å². The summed E-state index contributed by atoms with van der Waals surface area (Å²) in [6.07, 6.45) is 1.92. The third kappa shape index (κ3) is 8.26. The number of aliphatic imine (C=N–C) groups is 1. The van der Waals surface area contributed by atoms with Gasteiger partial charge >= 0.3 is 0 Å². The van der Waals surface area contributed by atoms with Gasteiger partial charge in [0.15, 0.2) is 5.96 Å². The Bertz CT molecular complexity index is 775. The lowest BCUT2D eigenvalue weighted by molar-refractivity contribution is 0.0652. The lowest BCUT2D eigenvalue weighted by Crippen LogP contribution is -2.43. The second-order valence-corrected chi connectivity index (χ2v) is 7.56. The predicted octanol–water partition coefficient (Wildman–Crippen LogP) is 4.31. The average Bonchev–Trinajstić information content (AvgIpc) is 2.94. The third-order valence-corrected chi connectivity index (χ3v) is 5.11. The van der Waals surface area contributed by atoms with Crippen LogP contribution in [-0.2, 0) is 18.2 Å². The lowest BCUT2D eigenvalue weighted by atomic mass is 10.1. The molecule has 2 rings (SSSR count). The van der Waals surface area contributed by atoms with E-state index < -0.39 is 0 Å². The SMILES string of the molecule is CCNC(=NCCCOC(C)c1ccccc1)NC(C)Cc1c(C)nn(C)c1C.I. The standard InChI is InChI=1S/C23H37N5O.HI/c1-7-24-23(26-17(2)16-22-18(3)27-28(6)19(22)4)25-14-11-15-29-20(5)21-12-9-8-10-13-21;/h8-10,12-13,17,20H,7,11,14-16H2,1-6H3,(H2,24,25,26);1H. The molecule has 2 aromatic rings. The summed E-state index contributed by atoms with van der Waals surface area (Å²) in [5.74, 6) is 0.857. The van der Waals surface area contributed by atoms with Crippen LogP contribution in [0.25, 0.3) is 0 Å². The van der Waals surface area contributed by atoms with E-state index in [4.69, 9.17) is 9.73 Å². The molecule has 7 heteroatoms. The first-order chi connectivity index (χ1) is 13.9. The van der Waals surface area contributed by atoms with Gasteiger partial charge in [-0.15, -0.1) is 24.0 Å². The van der Waals surface area contributed by atoms with Gasteiger partial charge in [0, 0.05) is 38.5 Å². The first kappa shape index (κ1) is 26.4. The molecule has 1 heterocycles. The molecule has 0 bridgehead atoms. The smallest absolute Gasteiger partial charge is 0.191 e. The summed E-state index contributed by atoms with van der Waals surface area (Å²) in [5.41, 5.74) is 4.85. The molecular weight excluding hydrogens is 489 g/mol. The first-order valence-corrected chi connectivity index (χ1v) is 10.6. The van der Waals surface area contributed by atoms with Crippen LogP contribution in [-0.4, -0.2) is 41.5 Å². The van der Waals surface area contributed by atoms with Gasteiger partial charge < -0.3 is 15.4 Å². The molecule has 2 N–H and O–H groups in total. The number of hydrogen-bond acceptors (Lipinski definition) is 3. The van der Waals surface area contributed by atoms with Gasteiger partial charge in [-0.3, -0.25) is 9.67 Å². The number of hydrogen-bond donors (Lipinski definition) is 2. The van der Waals surface area contributed by atoms with Gasteiger partial charge in [0.1, 0.15) is 0 Å². The van der Waals surface area contributed by atoms with Crippen LogP contribution in [0.15, 0.2) is 35.3 Å². The largest absolute Gasteiger partial charge is 0.374 e. The van der Waals surface area contributed by atoms with E-state index >= 15 is 0 Å². The van der Waals surface area contributed by atoms with Crippen LogP contribution < -0.4 is 10.6 Å². The van der Waals surface area contributed by atoms with Crippen LogP contribution in [0.5, 0.6) is 0 Å². The molecule has 0 fully saturated rings. The maximum absolute atomic E-state index is 5.94. The van der Waals surface area contributed by atoms with Crippen molar-refractivity contribution >= 4 is 29.9 Å². The molecule has 2 atom stereocenters. The van der Waals surface area contributed by atoms with Crippen LogP contribution in [0.3, 0.4) is 0 Å². The van der Waals surface area contributed by atoms with E-state index in [1.54, 1.807) is 0 Å². The Morgan fingerprint density at radius 1 is 1.20 bits per heavy atom. The zero-order chi connectivity index (χ0) is 21.2. The molecular formula is C23H38IN5O. The van der Waals surface area contributed by atoms with Gasteiger partial charge in [-0.25, -0.2) is 0 Å². The summed E-state index contributed by atoms with van der Waals surface area (Å²) >= 11 is 0. The molecule has 0 radical (unpaired) electrons. The van der Waals surface area contributed by atoms with Crippen molar-refractivity contribution in [2.75, 3.05) is 19.7 Å². The van der Waals surface area contributed by atoms with Crippen molar-refractivity contribution < 1.29 is 4.74 Å². The summed E-state index contributed by atoms with van der Waals surface area (Å²) in [6.45, 7) is 12.8. The molecule has 0 spiro atoms. The van der Waals surface area contributed by atoms with Gasteiger partial charge in [0.25, 0.3) is 0 Å². The van der Waals surface area contributed by atoms with Crippen molar-refractivity contribution in [2.24, 2.45) is 12.0 Å². The Morgan fingerprint density at radius 3 is 2.50 bits per heavy atom. The molecule has 2 unspecified atom stereocenters. The van der Waals surface area contributed by atoms with Crippen molar-refractivity contribution in [2.45, 2.75) is 59.6 Å². The van der Waals surface area contributed by atoms with E-state index in [0.29, 0.717) is 6.61 Å². The zero-order valence-electron chi connectivity index (χ0n) is 19.2. The Hall–Kier alpha value is -1.61. The molecule has 1 aromatic heterocycles. The lowest BCUT2D eigenvalue weighted by Gasteiger charge is -2.18. The normalized spacial score (nSPS) is 13.5. The zero-order valence-corrected chi connectivity index (χ0v) is 21.6.